The van der Waals surface area contributed by atoms with Crippen LogP contribution < -0.4 is 5.32 Å². The van der Waals surface area contributed by atoms with Gasteiger partial charge >= 0.3 is 5.97 Å². The summed E-state index contributed by atoms with van der Waals surface area (Å²) in [4.78, 5) is 41.5. The van der Waals surface area contributed by atoms with Gasteiger partial charge in [0.05, 0.1) is 19.8 Å². The highest BCUT2D eigenvalue weighted by atomic mass is 19.3. The molecule has 0 spiro atoms. The van der Waals surface area contributed by atoms with Crippen LogP contribution in [0, 0.1) is 5.41 Å². The number of aliphatic carboxylic acids is 1. The van der Waals surface area contributed by atoms with Crippen molar-refractivity contribution in [3.8, 4) is 11.1 Å². The third kappa shape index (κ3) is 4.17. The first-order valence-electron chi connectivity index (χ1n) is 11.7. The minimum absolute atomic E-state index is 0.115. The number of amides is 2. The van der Waals surface area contributed by atoms with E-state index in [1.54, 1.807) is 12.1 Å². The first-order valence-corrected chi connectivity index (χ1v) is 11.7. The van der Waals surface area contributed by atoms with Crippen LogP contribution in [0.25, 0.3) is 21.6 Å². The number of nitrogens with zero attached hydrogens (tertiary/aromatic N) is 4. The summed E-state index contributed by atoms with van der Waals surface area (Å²) in [5.74, 6) is -5.48. The molecule has 2 N–H and O–H groups in total. The first kappa shape index (κ1) is 24.7. The summed E-state index contributed by atoms with van der Waals surface area (Å²) < 4.78 is 35.1. The van der Waals surface area contributed by atoms with Gasteiger partial charge in [-0.25, -0.2) is 4.79 Å². The van der Waals surface area contributed by atoms with Crippen molar-refractivity contribution in [1.29, 1.82) is 0 Å². The van der Waals surface area contributed by atoms with Crippen molar-refractivity contribution in [3.05, 3.63) is 69.6 Å². The molecule has 3 aliphatic rings. The van der Waals surface area contributed by atoms with E-state index in [9.17, 15) is 28.3 Å². The molecule has 2 aromatic rings. The van der Waals surface area contributed by atoms with Gasteiger partial charge in [0.25, 0.3) is 11.8 Å². The number of ether oxygens (including phenoxy) is 1. The van der Waals surface area contributed by atoms with Crippen LogP contribution in [-0.4, -0.2) is 66.2 Å². The molecule has 0 aromatic heterocycles. The average Bonchev–Trinajstić information content (AvgIpc) is 3.41. The number of piperidine rings is 1. The summed E-state index contributed by atoms with van der Waals surface area (Å²) in [6, 6.07) is 8.62. The van der Waals surface area contributed by atoms with E-state index in [0.717, 1.165) is 0 Å². The summed E-state index contributed by atoms with van der Waals surface area (Å²) in [5.41, 5.74) is 8.26. The number of benzene rings is 2. The van der Waals surface area contributed by atoms with Crippen molar-refractivity contribution in [3.63, 3.8) is 0 Å². The van der Waals surface area contributed by atoms with Crippen molar-refractivity contribution in [2.45, 2.75) is 30.8 Å². The standard InChI is InChI=1S/C25H23F2N5O5/c26-25(27)17-4-2-1-3-15(17)16-9-14(5-6-18(16)25)22(34)29-12-21(33)32-19(23(35)36)10-24(11-20(24)32)13-37-8-7-30-31-28/h1-6,9,19-20H,7-8,10-13H2,(H,29,34)(H,35,36). The Morgan fingerprint density at radius 2 is 1.92 bits per heavy atom. The van der Waals surface area contributed by atoms with Crippen molar-refractivity contribution in [1.82, 2.24) is 10.2 Å². The maximum atomic E-state index is 14.8. The third-order valence-corrected chi connectivity index (χ3v) is 7.36. The molecule has 2 fully saturated rings. The highest BCUT2D eigenvalue weighted by Gasteiger charge is 2.67. The summed E-state index contributed by atoms with van der Waals surface area (Å²) in [6.45, 7) is 0.147. The molecule has 192 valence electrons. The summed E-state index contributed by atoms with van der Waals surface area (Å²) in [5, 5.41) is 15.5. The lowest BCUT2D eigenvalue weighted by Crippen LogP contribution is -2.47. The monoisotopic (exact) mass is 511 g/mol. The zero-order valence-corrected chi connectivity index (χ0v) is 19.6. The molecule has 3 unspecified atom stereocenters. The number of likely N-dealkylation sites (tertiary alicyclic amines) is 1. The van der Waals surface area contributed by atoms with E-state index in [-0.39, 0.29) is 54.5 Å². The number of carbonyl (C=O) groups excluding carboxylic acids is 2. The molecule has 37 heavy (non-hydrogen) atoms. The molecule has 2 amide bonds. The van der Waals surface area contributed by atoms with Crippen LogP contribution in [0.3, 0.4) is 0 Å². The Kier molecular flexibility index (Phi) is 6.09. The van der Waals surface area contributed by atoms with Gasteiger partial charge < -0.3 is 20.1 Å². The number of fused-ring (bicyclic) bond motifs is 4. The van der Waals surface area contributed by atoms with Crippen molar-refractivity contribution < 1.29 is 33.0 Å². The van der Waals surface area contributed by atoms with Crippen molar-refractivity contribution in [2.75, 3.05) is 26.3 Å². The maximum absolute atomic E-state index is 14.8. The molecular weight excluding hydrogens is 488 g/mol. The predicted molar refractivity (Wildman–Crippen MR) is 126 cm³/mol. The van der Waals surface area contributed by atoms with Crippen molar-refractivity contribution >= 4 is 17.8 Å². The zero-order chi connectivity index (χ0) is 26.4. The van der Waals surface area contributed by atoms with Crippen molar-refractivity contribution in [2.24, 2.45) is 10.5 Å². The molecular formula is C25H23F2N5O5. The lowest BCUT2D eigenvalue weighted by molar-refractivity contribution is -0.149. The molecule has 0 radical (unpaired) electrons. The van der Waals surface area contributed by atoms with Crippen LogP contribution >= 0.6 is 0 Å². The van der Waals surface area contributed by atoms with Gasteiger partial charge in [-0.1, -0.05) is 35.4 Å². The Labute approximate surface area is 209 Å². The second-order valence-corrected chi connectivity index (χ2v) is 9.51. The van der Waals surface area contributed by atoms with E-state index in [0.29, 0.717) is 12.0 Å². The Balaban J connectivity index is 1.24. The smallest absolute Gasteiger partial charge is 0.326 e. The molecule has 1 saturated carbocycles. The van der Waals surface area contributed by atoms with E-state index in [1.165, 1.54) is 35.2 Å². The molecule has 1 heterocycles. The van der Waals surface area contributed by atoms with Gasteiger partial charge in [0.15, 0.2) is 0 Å². The molecule has 5 rings (SSSR count). The second-order valence-electron chi connectivity index (χ2n) is 9.51. The van der Waals surface area contributed by atoms with E-state index >= 15 is 0 Å². The van der Waals surface area contributed by atoms with E-state index < -0.39 is 41.7 Å². The maximum Gasteiger partial charge on any atom is 0.326 e. The summed E-state index contributed by atoms with van der Waals surface area (Å²) in [7, 11) is 0. The number of nitrogens with one attached hydrogen (secondary N) is 1. The Hall–Kier alpha value is -4.02. The Morgan fingerprint density at radius 1 is 1.16 bits per heavy atom. The SMILES string of the molecule is [N-]=[N+]=NCCOCC12CC(C(=O)O)N(C(=O)CNC(=O)c3ccc4c(c3)-c3ccccc3C4(F)F)C1C2. The molecule has 0 bridgehead atoms. The van der Waals surface area contributed by atoms with Crippen LogP contribution in [0.15, 0.2) is 47.6 Å². The van der Waals surface area contributed by atoms with Crippen LogP contribution in [-0.2, 0) is 20.2 Å². The number of carbonyl (C=O) groups is 3. The number of alkyl halides is 2. The third-order valence-electron chi connectivity index (χ3n) is 7.36. The van der Waals surface area contributed by atoms with Gasteiger partial charge in [0, 0.05) is 39.6 Å². The normalized spacial score (nSPS) is 23.9. The second kappa shape index (κ2) is 9.13. The first-order chi connectivity index (χ1) is 17.7. The largest absolute Gasteiger partial charge is 0.480 e. The van der Waals surface area contributed by atoms with Gasteiger partial charge in [0.2, 0.25) is 5.91 Å². The highest BCUT2D eigenvalue weighted by molar-refractivity contribution is 5.99. The van der Waals surface area contributed by atoms with Crippen LogP contribution in [0.1, 0.15) is 34.3 Å². The fraction of sp³-hybridized carbons (Fsp3) is 0.400. The number of rotatable bonds is 9. The predicted octanol–water partition coefficient (Wildman–Crippen LogP) is 3.31. The van der Waals surface area contributed by atoms with Gasteiger partial charge in [0.1, 0.15) is 6.04 Å². The van der Waals surface area contributed by atoms with Crippen LogP contribution in [0.4, 0.5) is 8.78 Å². The molecule has 1 saturated heterocycles. The van der Waals surface area contributed by atoms with Gasteiger partial charge in [-0.2, -0.15) is 8.78 Å². The minimum Gasteiger partial charge on any atom is -0.480 e. The fourth-order valence-electron chi connectivity index (χ4n) is 5.50. The number of carboxylic acids is 1. The lowest BCUT2D eigenvalue weighted by atomic mass is 10.0. The number of halogens is 2. The molecule has 2 aromatic carbocycles. The molecule has 1 aliphatic heterocycles. The molecule has 10 nitrogen and oxygen atoms in total. The molecule has 12 heteroatoms. The molecule has 2 aliphatic carbocycles. The summed E-state index contributed by atoms with van der Waals surface area (Å²) >= 11 is 0. The van der Waals surface area contributed by atoms with E-state index in [2.05, 4.69) is 15.3 Å². The van der Waals surface area contributed by atoms with Crippen LogP contribution in [0.5, 0.6) is 0 Å². The fourth-order valence-corrected chi connectivity index (χ4v) is 5.50. The molecule has 3 atom stereocenters. The topological polar surface area (TPSA) is 145 Å². The number of hydrogen-bond donors (Lipinski definition) is 2. The number of azide groups is 1. The van der Waals surface area contributed by atoms with Gasteiger partial charge in [-0.05, 0) is 41.6 Å². The number of hydrogen-bond acceptors (Lipinski definition) is 5. The quantitative estimate of drug-likeness (QED) is 0.230. The lowest BCUT2D eigenvalue weighted by Gasteiger charge is -2.24. The van der Waals surface area contributed by atoms with Gasteiger partial charge in [-0.3, -0.25) is 9.59 Å². The highest BCUT2D eigenvalue weighted by Crippen LogP contribution is 2.59. The van der Waals surface area contributed by atoms with E-state index in [1.807, 2.05) is 0 Å². The average molecular weight is 511 g/mol. The van der Waals surface area contributed by atoms with Gasteiger partial charge in [-0.15, -0.1) is 0 Å². The Bertz CT molecular complexity index is 1340. The summed E-state index contributed by atoms with van der Waals surface area (Å²) in [6.07, 6.45) is 0.809. The minimum atomic E-state index is -3.16. The Morgan fingerprint density at radius 3 is 2.68 bits per heavy atom. The zero-order valence-electron chi connectivity index (χ0n) is 19.6. The van der Waals surface area contributed by atoms with Crippen LogP contribution in [0.2, 0.25) is 0 Å². The number of carboxylic acid groups (broad SMARTS) is 1. The van der Waals surface area contributed by atoms with E-state index in [4.69, 9.17) is 10.3 Å².